The van der Waals surface area contributed by atoms with Crippen molar-refractivity contribution < 1.29 is 46.8 Å². The lowest BCUT2D eigenvalue weighted by atomic mass is 9.98. The minimum absolute atomic E-state index is 0.0639. The van der Waals surface area contributed by atoms with Gasteiger partial charge in [-0.25, -0.2) is 0 Å². The van der Waals surface area contributed by atoms with E-state index < -0.39 is 36.1 Å². The molecule has 2 N–H and O–H groups in total. The van der Waals surface area contributed by atoms with Crippen molar-refractivity contribution in [1.29, 1.82) is 0 Å². The number of hydrogen-bond donors (Lipinski definition) is 2. The molecule has 4 aliphatic heterocycles. The summed E-state index contributed by atoms with van der Waals surface area (Å²) in [7, 11) is 0. The summed E-state index contributed by atoms with van der Waals surface area (Å²) in [5.41, 5.74) is 2.73. The van der Waals surface area contributed by atoms with Gasteiger partial charge in [0.05, 0.1) is 32.0 Å². The Kier molecular flexibility index (Phi) is 9.46. The maximum atomic E-state index is 13.1. The number of carbonyl (C=O) groups is 2. The van der Waals surface area contributed by atoms with Crippen molar-refractivity contribution in [1.82, 2.24) is 9.80 Å². The van der Waals surface area contributed by atoms with Crippen LogP contribution in [0.4, 0.5) is 18.9 Å². The van der Waals surface area contributed by atoms with Crippen molar-refractivity contribution in [3.63, 3.8) is 0 Å². The first kappa shape index (κ1) is 31.9. The Morgan fingerprint density at radius 2 is 1.71 bits per heavy atom. The molecule has 6 rings (SSSR count). The molecule has 244 valence electrons. The monoisotopic (exact) mass is 633 g/mol. The van der Waals surface area contributed by atoms with Gasteiger partial charge in [0.15, 0.2) is 12.1 Å². The van der Waals surface area contributed by atoms with Gasteiger partial charge in [-0.15, -0.1) is 0 Å². The molecule has 4 saturated heterocycles. The molecule has 1 spiro atoms. The third-order valence-corrected chi connectivity index (χ3v) is 8.99. The molecular weight excluding hydrogens is 595 g/mol. The summed E-state index contributed by atoms with van der Waals surface area (Å²) < 4.78 is 63.9. The topological polar surface area (TPSA) is 110 Å². The first-order chi connectivity index (χ1) is 21.6. The van der Waals surface area contributed by atoms with Crippen molar-refractivity contribution in [2.24, 2.45) is 0 Å². The van der Waals surface area contributed by atoms with E-state index >= 15 is 0 Å². The maximum absolute atomic E-state index is 13.1. The van der Waals surface area contributed by atoms with Crippen LogP contribution in [0.3, 0.4) is 0 Å². The van der Waals surface area contributed by atoms with Gasteiger partial charge in [-0.1, -0.05) is 36.4 Å². The van der Waals surface area contributed by atoms with Gasteiger partial charge in [0.25, 0.3) is 0 Å². The van der Waals surface area contributed by atoms with Crippen LogP contribution in [0, 0.1) is 0 Å². The number of nitrogens with one attached hydrogen (secondary N) is 1. The summed E-state index contributed by atoms with van der Waals surface area (Å²) in [5, 5.41) is 12.2. The lowest BCUT2D eigenvalue weighted by molar-refractivity contribution is -0.255. The third-order valence-electron chi connectivity index (χ3n) is 8.99. The van der Waals surface area contributed by atoms with Crippen LogP contribution in [0.1, 0.15) is 61.2 Å². The van der Waals surface area contributed by atoms with Crippen LogP contribution in [-0.4, -0.2) is 90.2 Å². The zero-order valence-electron chi connectivity index (χ0n) is 24.8. The number of rotatable bonds is 7. The van der Waals surface area contributed by atoms with E-state index in [4.69, 9.17) is 18.9 Å². The van der Waals surface area contributed by atoms with Gasteiger partial charge in [0.2, 0.25) is 5.91 Å². The first-order valence-corrected chi connectivity index (χ1v) is 15.4. The van der Waals surface area contributed by atoms with E-state index in [1.165, 1.54) is 0 Å². The molecule has 0 saturated carbocycles. The highest BCUT2D eigenvalue weighted by Gasteiger charge is 2.48. The summed E-state index contributed by atoms with van der Waals surface area (Å²) in [6.45, 7) is 3.32. The number of hydrogen-bond acceptors (Lipinski definition) is 8. The summed E-state index contributed by atoms with van der Waals surface area (Å²) >= 11 is 0. The molecule has 4 fully saturated rings. The van der Waals surface area contributed by atoms with Gasteiger partial charge >= 0.3 is 12.1 Å². The van der Waals surface area contributed by atoms with E-state index in [1.807, 2.05) is 30.3 Å². The summed E-state index contributed by atoms with van der Waals surface area (Å²) in [6.07, 6.45) is -3.71. The van der Waals surface area contributed by atoms with Crippen molar-refractivity contribution in [3.8, 4) is 0 Å². The number of amides is 2. The van der Waals surface area contributed by atoms with Crippen molar-refractivity contribution >= 4 is 17.5 Å². The molecule has 2 amide bonds. The molecule has 2 aromatic carbocycles. The zero-order valence-corrected chi connectivity index (χ0v) is 24.8. The highest BCUT2D eigenvalue weighted by Crippen LogP contribution is 2.40. The average Bonchev–Trinajstić information content (AvgIpc) is 3.72. The molecule has 0 radical (unpaired) electrons. The predicted molar refractivity (Wildman–Crippen MR) is 155 cm³/mol. The second kappa shape index (κ2) is 13.3. The Morgan fingerprint density at radius 1 is 0.978 bits per heavy atom. The number of halogens is 3. The maximum Gasteiger partial charge on any atom is 0.471 e. The molecule has 0 bridgehead atoms. The Bertz CT molecular complexity index is 1340. The van der Waals surface area contributed by atoms with E-state index in [-0.39, 0.29) is 31.8 Å². The van der Waals surface area contributed by atoms with E-state index in [9.17, 15) is 27.9 Å². The molecule has 4 atom stereocenters. The quantitative estimate of drug-likeness (QED) is 0.470. The van der Waals surface area contributed by atoms with Crippen LogP contribution in [-0.2, 0) is 35.1 Å². The van der Waals surface area contributed by atoms with Gasteiger partial charge in [-0.2, -0.15) is 13.2 Å². The number of aliphatic hydroxyl groups is 1. The third kappa shape index (κ3) is 7.34. The second-order valence-electron chi connectivity index (χ2n) is 12.0. The Hall–Kier alpha value is -3.07. The number of benzene rings is 2. The van der Waals surface area contributed by atoms with Crippen LogP contribution in [0.25, 0.3) is 0 Å². The molecule has 0 aromatic heterocycles. The summed E-state index contributed by atoms with van der Waals surface area (Å²) in [6, 6.07) is 13.2. The number of aliphatic hydroxyl groups excluding tert-OH is 1. The van der Waals surface area contributed by atoms with E-state index in [2.05, 4.69) is 10.2 Å². The van der Waals surface area contributed by atoms with Crippen LogP contribution in [0.2, 0.25) is 0 Å². The van der Waals surface area contributed by atoms with Crippen LogP contribution in [0.5, 0.6) is 0 Å². The number of ether oxygens (including phenoxy) is 4. The van der Waals surface area contributed by atoms with Crippen LogP contribution >= 0.6 is 0 Å². The van der Waals surface area contributed by atoms with E-state index in [1.54, 1.807) is 18.2 Å². The Labute approximate surface area is 259 Å². The first-order valence-electron chi connectivity index (χ1n) is 15.4. The van der Waals surface area contributed by atoms with Crippen molar-refractivity contribution in [2.45, 2.75) is 75.2 Å². The molecule has 0 unspecified atom stereocenters. The average molecular weight is 634 g/mol. The normalized spacial score (nSPS) is 27.2. The molecular formula is C32H38F3N3O7. The second-order valence-corrected chi connectivity index (χ2v) is 12.0. The van der Waals surface area contributed by atoms with Crippen molar-refractivity contribution in [2.75, 3.05) is 44.7 Å². The Morgan fingerprint density at radius 3 is 2.40 bits per heavy atom. The number of carbonyl (C=O) groups excluding carboxylic acids is 2. The highest BCUT2D eigenvalue weighted by atomic mass is 19.4. The van der Waals surface area contributed by atoms with Crippen LogP contribution < -0.4 is 5.32 Å². The number of nitrogens with zero attached hydrogens (tertiary/aromatic N) is 2. The number of piperidine rings is 1. The SMILES string of the molecule is O=C(Nc1cccc([C@H]2O[C@@H](CN3CCC4(CC3)OCCO4)C[C@@H](c3ccc(CO)cc3)O2)c1)[C@@H]1CCCN1C(=O)C(F)(F)F. The highest BCUT2D eigenvalue weighted by molar-refractivity contribution is 5.98. The van der Waals surface area contributed by atoms with Gasteiger partial charge in [0, 0.05) is 56.7 Å². The molecule has 45 heavy (non-hydrogen) atoms. The standard InChI is InChI=1S/C32H38F3N3O7/c33-32(34,35)30(41)38-12-2-5-26(38)28(40)36-24-4-1-3-23(17-24)29-44-25(18-27(45-29)22-8-6-21(20-39)7-9-22)19-37-13-10-31(11-14-37)42-15-16-43-31/h1,3-4,6-9,17,25-27,29,39H,2,5,10-16,18-20H2,(H,36,40)/t25-,26+,27+,29+/m1/s1. The minimum Gasteiger partial charge on any atom is -0.392 e. The smallest absolute Gasteiger partial charge is 0.392 e. The molecule has 10 nitrogen and oxygen atoms in total. The number of anilines is 1. The summed E-state index contributed by atoms with van der Waals surface area (Å²) in [4.78, 5) is 27.8. The molecule has 4 aliphatic rings. The Balaban J connectivity index is 1.16. The fraction of sp³-hybridized carbons (Fsp3) is 0.562. The van der Waals surface area contributed by atoms with Gasteiger partial charge in [-0.3, -0.25) is 9.59 Å². The van der Waals surface area contributed by atoms with Crippen molar-refractivity contribution in [3.05, 3.63) is 65.2 Å². The van der Waals surface area contributed by atoms with Crippen LogP contribution in [0.15, 0.2) is 48.5 Å². The summed E-state index contributed by atoms with van der Waals surface area (Å²) in [5.74, 6) is -3.16. The predicted octanol–water partition coefficient (Wildman–Crippen LogP) is 4.06. The largest absolute Gasteiger partial charge is 0.471 e. The molecule has 0 aliphatic carbocycles. The van der Waals surface area contributed by atoms with Gasteiger partial charge in [-0.05, 0) is 36.1 Å². The lowest BCUT2D eigenvalue weighted by Crippen LogP contribution is -2.48. The lowest BCUT2D eigenvalue weighted by Gasteiger charge is -2.41. The fourth-order valence-electron chi connectivity index (χ4n) is 6.62. The molecule has 13 heteroatoms. The van der Waals surface area contributed by atoms with Gasteiger partial charge < -0.3 is 39.2 Å². The van der Waals surface area contributed by atoms with E-state index in [0.717, 1.165) is 37.1 Å². The fourth-order valence-corrected chi connectivity index (χ4v) is 6.62. The minimum atomic E-state index is -5.04. The van der Waals surface area contributed by atoms with E-state index in [0.29, 0.717) is 48.8 Å². The van der Waals surface area contributed by atoms with Gasteiger partial charge in [0.1, 0.15) is 6.04 Å². The zero-order chi connectivity index (χ0) is 31.6. The number of likely N-dealkylation sites (tertiary alicyclic amines) is 2. The molecule has 2 aromatic rings. The molecule has 4 heterocycles. The number of alkyl halides is 3.